The summed E-state index contributed by atoms with van der Waals surface area (Å²) in [4.78, 5) is 20.6. The Kier molecular flexibility index (Phi) is 4.30. The summed E-state index contributed by atoms with van der Waals surface area (Å²) in [6, 6.07) is 0. The summed E-state index contributed by atoms with van der Waals surface area (Å²) in [5, 5.41) is 2.68. The Hall–Kier alpha value is -1.56. The van der Waals surface area contributed by atoms with Crippen molar-refractivity contribution in [2.24, 2.45) is 0 Å². The van der Waals surface area contributed by atoms with E-state index in [9.17, 15) is 4.79 Å². The summed E-state index contributed by atoms with van der Waals surface area (Å²) in [6.45, 7) is 0.511. The minimum atomic E-state index is -0.0365. The summed E-state index contributed by atoms with van der Waals surface area (Å²) >= 11 is 5.67. The molecule has 1 heterocycles. The molecule has 0 spiro atoms. The molecule has 0 fully saturated rings. The van der Waals surface area contributed by atoms with Crippen LogP contribution in [0.2, 0.25) is 5.28 Å². The fraction of sp³-hybridized carbons (Fsp3) is 0.444. The van der Waals surface area contributed by atoms with E-state index in [1.165, 1.54) is 6.20 Å². The first kappa shape index (κ1) is 12.5. The zero-order valence-electron chi connectivity index (χ0n) is 9.20. The molecule has 1 aromatic heterocycles. The molecular formula is C9H14ClN5O. The molecule has 0 radical (unpaired) electrons. The van der Waals surface area contributed by atoms with Crippen molar-refractivity contribution < 1.29 is 4.79 Å². The van der Waals surface area contributed by atoms with Crippen LogP contribution in [0.15, 0.2) is 6.20 Å². The molecule has 1 aromatic rings. The number of carbonyl (C=O) groups excluding carboxylic acids is 1. The molecule has 0 saturated heterocycles. The molecule has 0 aliphatic carbocycles. The van der Waals surface area contributed by atoms with E-state index < -0.39 is 0 Å². The Labute approximate surface area is 98.8 Å². The van der Waals surface area contributed by atoms with Crippen LogP contribution in [0.1, 0.15) is 6.42 Å². The Balaban J connectivity index is 2.68. The van der Waals surface area contributed by atoms with E-state index in [4.69, 9.17) is 17.3 Å². The second-order valence-electron chi connectivity index (χ2n) is 3.26. The van der Waals surface area contributed by atoms with Gasteiger partial charge in [0.1, 0.15) is 0 Å². The van der Waals surface area contributed by atoms with Crippen LogP contribution in [0.25, 0.3) is 0 Å². The van der Waals surface area contributed by atoms with E-state index in [1.54, 1.807) is 19.0 Å². The van der Waals surface area contributed by atoms with E-state index in [2.05, 4.69) is 15.3 Å². The molecule has 1 rings (SSSR count). The topological polar surface area (TPSA) is 84.1 Å². The van der Waals surface area contributed by atoms with Gasteiger partial charge < -0.3 is 16.0 Å². The van der Waals surface area contributed by atoms with Crippen molar-refractivity contribution in [1.82, 2.24) is 15.3 Å². The van der Waals surface area contributed by atoms with Crippen LogP contribution in [0.3, 0.4) is 0 Å². The minimum Gasteiger partial charge on any atom is -0.394 e. The molecule has 0 bridgehead atoms. The Morgan fingerprint density at radius 1 is 1.69 bits per heavy atom. The highest BCUT2D eigenvalue weighted by Crippen LogP contribution is 2.19. The van der Waals surface area contributed by atoms with Crippen LogP contribution in [-0.2, 0) is 4.79 Å². The molecule has 0 atom stereocenters. The fourth-order valence-corrected chi connectivity index (χ4v) is 1.30. The van der Waals surface area contributed by atoms with Crippen molar-refractivity contribution in [2.75, 3.05) is 31.3 Å². The van der Waals surface area contributed by atoms with E-state index in [1.807, 2.05) is 0 Å². The van der Waals surface area contributed by atoms with Gasteiger partial charge in [0, 0.05) is 27.1 Å². The molecule has 88 valence electrons. The van der Waals surface area contributed by atoms with Crippen LogP contribution in [0, 0.1) is 0 Å². The summed E-state index contributed by atoms with van der Waals surface area (Å²) in [5.74, 6) is 0.495. The Morgan fingerprint density at radius 2 is 2.38 bits per heavy atom. The molecule has 3 N–H and O–H groups in total. The van der Waals surface area contributed by atoms with Gasteiger partial charge in [-0.1, -0.05) is 0 Å². The van der Waals surface area contributed by atoms with Gasteiger partial charge in [0.25, 0.3) is 0 Å². The quantitative estimate of drug-likeness (QED) is 0.743. The summed E-state index contributed by atoms with van der Waals surface area (Å²) in [5.41, 5.74) is 6.14. The number of nitrogens with one attached hydrogen (secondary N) is 1. The van der Waals surface area contributed by atoms with E-state index in [0.29, 0.717) is 24.5 Å². The molecule has 0 aliphatic rings. The van der Waals surface area contributed by atoms with Gasteiger partial charge in [-0.15, -0.1) is 0 Å². The number of aromatic nitrogens is 2. The summed E-state index contributed by atoms with van der Waals surface area (Å²) in [6.07, 6.45) is 1.81. The van der Waals surface area contributed by atoms with Gasteiger partial charge in [-0.05, 0) is 11.6 Å². The number of nitrogen functional groups attached to an aromatic ring is 1. The van der Waals surface area contributed by atoms with Gasteiger partial charge in [-0.3, -0.25) is 4.79 Å². The van der Waals surface area contributed by atoms with E-state index in [0.717, 1.165) is 0 Å². The van der Waals surface area contributed by atoms with Crippen LogP contribution in [0.4, 0.5) is 11.5 Å². The number of carbonyl (C=O) groups is 1. The predicted molar refractivity (Wildman–Crippen MR) is 63.4 cm³/mol. The minimum absolute atomic E-state index is 0.0365. The standard InChI is InChI=1S/C9H14ClN5O/c1-12-7(16)3-4-15(2)8-6(11)5-13-9(10)14-8/h5H,3-4,11H2,1-2H3,(H,12,16). The average Bonchev–Trinajstić information content (AvgIpc) is 2.28. The molecule has 6 nitrogen and oxygen atoms in total. The third-order valence-electron chi connectivity index (χ3n) is 2.08. The van der Waals surface area contributed by atoms with Crippen LogP contribution in [0.5, 0.6) is 0 Å². The van der Waals surface area contributed by atoms with Gasteiger partial charge in [0.05, 0.1) is 11.9 Å². The lowest BCUT2D eigenvalue weighted by Crippen LogP contribution is -2.27. The second-order valence-corrected chi connectivity index (χ2v) is 3.60. The number of halogens is 1. The van der Waals surface area contributed by atoms with Gasteiger partial charge >= 0.3 is 0 Å². The van der Waals surface area contributed by atoms with Gasteiger partial charge in [0.15, 0.2) is 5.82 Å². The zero-order chi connectivity index (χ0) is 12.1. The smallest absolute Gasteiger partial charge is 0.224 e. The molecule has 0 unspecified atom stereocenters. The Bertz CT molecular complexity index is 384. The summed E-state index contributed by atoms with van der Waals surface area (Å²) in [7, 11) is 3.39. The van der Waals surface area contributed by atoms with Gasteiger partial charge in [-0.2, -0.15) is 4.98 Å². The first-order chi connectivity index (χ1) is 7.54. The molecule has 0 saturated carbocycles. The van der Waals surface area contributed by atoms with Crippen molar-refractivity contribution in [3.8, 4) is 0 Å². The molecule has 7 heteroatoms. The van der Waals surface area contributed by atoms with E-state index in [-0.39, 0.29) is 11.2 Å². The highest BCUT2D eigenvalue weighted by Gasteiger charge is 2.09. The highest BCUT2D eigenvalue weighted by molar-refractivity contribution is 6.28. The number of hydrogen-bond acceptors (Lipinski definition) is 5. The average molecular weight is 244 g/mol. The largest absolute Gasteiger partial charge is 0.394 e. The number of nitrogens with two attached hydrogens (primary N) is 1. The maximum Gasteiger partial charge on any atom is 0.224 e. The fourth-order valence-electron chi connectivity index (χ4n) is 1.17. The van der Waals surface area contributed by atoms with Crippen LogP contribution < -0.4 is 16.0 Å². The normalized spacial score (nSPS) is 9.94. The second kappa shape index (κ2) is 5.50. The van der Waals surface area contributed by atoms with Crippen molar-refractivity contribution in [2.45, 2.75) is 6.42 Å². The molecule has 0 aromatic carbocycles. The van der Waals surface area contributed by atoms with E-state index >= 15 is 0 Å². The highest BCUT2D eigenvalue weighted by atomic mass is 35.5. The third kappa shape index (κ3) is 3.23. The first-order valence-corrected chi connectivity index (χ1v) is 5.12. The third-order valence-corrected chi connectivity index (χ3v) is 2.26. The number of nitrogens with zero attached hydrogens (tertiary/aromatic N) is 3. The molecular weight excluding hydrogens is 230 g/mol. The predicted octanol–water partition coefficient (Wildman–Crippen LogP) is 0.285. The molecule has 1 amide bonds. The van der Waals surface area contributed by atoms with Crippen LogP contribution in [-0.4, -0.2) is 36.5 Å². The zero-order valence-corrected chi connectivity index (χ0v) is 9.95. The van der Waals surface area contributed by atoms with Gasteiger partial charge in [-0.25, -0.2) is 4.98 Å². The monoisotopic (exact) mass is 243 g/mol. The van der Waals surface area contributed by atoms with Crippen molar-refractivity contribution in [1.29, 1.82) is 0 Å². The van der Waals surface area contributed by atoms with Crippen molar-refractivity contribution in [3.05, 3.63) is 11.5 Å². The number of anilines is 2. The van der Waals surface area contributed by atoms with Crippen molar-refractivity contribution >= 4 is 29.0 Å². The number of amides is 1. The molecule has 16 heavy (non-hydrogen) atoms. The number of rotatable bonds is 4. The lowest BCUT2D eigenvalue weighted by Gasteiger charge is -2.18. The maximum atomic E-state index is 11.1. The van der Waals surface area contributed by atoms with Crippen LogP contribution >= 0.6 is 11.6 Å². The Morgan fingerprint density at radius 3 is 3.00 bits per heavy atom. The lowest BCUT2D eigenvalue weighted by molar-refractivity contribution is -0.120. The van der Waals surface area contributed by atoms with Crippen molar-refractivity contribution in [3.63, 3.8) is 0 Å². The maximum absolute atomic E-state index is 11.1. The first-order valence-electron chi connectivity index (χ1n) is 4.74. The van der Waals surface area contributed by atoms with Gasteiger partial charge in [0.2, 0.25) is 11.2 Å². The number of hydrogen-bond donors (Lipinski definition) is 2. The lowest BCUT2D eigenvalue weighted by atomic mass is 10.3. The molecule has 0 aliphatic heterocycles. The summed E-state index contributed by atoms with van der Waals surface area (Å²) < 4.78 is 0. The SMILES string of the molecule is CNC(=O)CCN(C)c1nc(Cl)ncc1N.